The van der Waals surface area contributed by atoms with Gasteiger partial charge < -0.3 is 24.4 Å². The number of nitrogens with zero attached hydrogens (tertiary/aromatic N) is 1. The molecule has 1 aromatic rings. The third-order valence-electron chi connectivity index (χ3n) is 12.9. The van der Waals surface area contributed by atoms with Gasteiger partial charge in [0.15, 0.2) is 0 Å². The Morgan fingerprint density at radius 3 is 2.50 bits per heavy atom. The summed E-state index contributed by atoms with van der Waals surface area (Å²) in [5, 5.41) is 25.3. The molecule has 2 N–H and O–H groups in total. The Kier molecular flexibility index (Phi) is 5.88. The molecule has 40 heavy (non-hydrogen) atoms. The van der Waals surface area contributed by atoms with E-state index in [1.54, 1.807) is 19.2 Å². The van der Waals surface area contributed by atoms with Crippen molar-refractivity contribution in [1.29, 1.82) is 0 Å². The van der Waals surface area contributed by atoms with E-state index >= 15 is 0 Å². The molecule has 5 saturated carbocycles. The smallest absolute Gasteiger partial charge is 0.338 e. The summed E-state index contributed by atoms with van der Waals surface area (Å²) in [6, 6.07) is 8.94. The van der Waals surface area contributed by atoms with E-state index in [0.29, 0.717) is 24.8 Å². The fourth-order valence-electron chi connectivity index (χ4n) is 11.9. The van der Waals surface area contributed by atoms with E-state index in [0.717, 1.165) is 32.4 Å². The first-order chi connectivity index (χ1) is 19.2. The number of carbonyl (C=O) groups is 2. The molecule has 1 heterocycles. The average Bonchev–Trinajstić information content (AvgIpc) is 3.50. The third-order valence-corrected chi connectivity index (χ3v) is 12.9. The van der Waals surface area contributed by atoms with Crippen LogP contribution in [0.5, 0.6) is 0 Å². The van der Waals surface area contributed by atoms with Crippen LogP contribution >= 0.6 is 0 Å². The van der Waals surface area contributed by atoms with Crippen LogP contribution in [0.15, 0.2) is 30.3 Å². The quantitative estimate of drug-likeness (QED) is 0.518. The van der Waals surface area contributed by atoms with E-state index in [-0.39, 0.29) is 35.9 Å². The molecule has 0 amide bonds. The van der Waals surface area contributed by atoms with Crippen molar-refractivity contribution < 1.29 is 34.0 Å². The number of piperidine rings is 1. The second kappa shape index (κ2) is 8.76. The molecule has 8 nitrogen and oxygen atoms in total. The number of ether oxygens (including phenoxy) is 3. The van der Waals surface area contributed by atoms with Crippen molar-refractivity contribution in [1.82, 2.24) is 4.90 Å². The van der Waals surface area contributed by atoms with Crippen LogP contribution in [0.1, 0.15) is 69.7 Å². The maximum atomic E-state index is 13.6. The first-order valence-corrected chi connectivity index (χ1v) is 15.3. The Morgan fingerprint density at radius 1 is 1.10 bits per heavy atom. The molecule has 7 bridgehead atoms. The van der Waals surface area contributed by atoms with Gasteiger partial charge in [-0.3, -0.25) is 9.69 Å². The van der Waals surface area contributed by atoms with Gasteiger partial charge in [-0.05, 0) is 62.6 Å². The van der Waals surface area contributed by atoms with E-state index in [4.69, 9.17) is 14.2 Å². The highest BCUT2D eigenvalue weighted by molar-refractivity contribution is 5.89. The summed E-state index contributed by atoms with van der Waals surface area (Å²) >= 11 is 0. The predicted molar refractivity (Wildman–Crippen MR) is 145 cm³/mol. The molecule has 12 atom stereocenters. The molecule has 6 fully saturated rings. The van der Waals surface area contributed by atoms with E-state index < -0.39 is 46.1 Å². The number of hydrogen-bond donors (Lipinski definition) is 2. The number of fused-ring (bicyclic) bond motifs is 1. The van der Waals surface area contributed by atoms with E-state index in [2.05, 4.69) is 18.7 Å². The Hall–Kier alpha value is -2.00. The molecule has 1 saturated heterocycles. The second-order valence-corrected chi connectivity index (χ2v) is 13.6. The number of hydrogen-bond acceptors (Lipinski definition) is 8. The van der Waals surface area contributed by atoms with Crippen molar-refractivity contribution in [2.75, 3.05) is 20.2 Å². The average molecular weight is 554 g/mol. The maximum Gasteiger partial charge on any atom is 0.338 e. The van der Waals surface area contributed by atoms with Gasteiger partial charge >= 0.3 is 11.9 Å². The van der Waals surface area contributed by atoms with Gasteiger partial charge in [-0.15, -0.1) is 0 Å². The second-order valence-electron chi connectivity index (χ2n) is 13.6. The van der Waals surface area contributed by atoms with Gasteiger partial charge in [-0.2, -0.15) is 0 Å². The number of aliphatic hydroxyl groups excluding tert-OH is 1. The van der Waals surface area contributed by atoms with Gasteiger partial charge in [0.1, 0.15) is 12.2 Å². The SMILES string of the molecule is CCN1C[C@@]2(CC)[C@H]3C[C@@H]4[C@H](OC(C)=O)[C@@]56CC[C@@H](C[C@@]5(O)[C@@]3([C@H](OC)C[C@@H]2O)[C@@H]41)[C@H]6OC(=O)c1ccccc1. The highest BCUT2D eigenvalue weighted by Gasteiger charge is 2.91. The zero-order valence-electron chi connectivity index (χ0n) is 24.0. The lowest BCUT2D eigenvalue weighted by Gasteiger charge is -2.73. The molecule has 0 unspecified atom stereocenters. The van der Waals surface area contributed by atoms with Crippen LogP contribution in [0.3, 0.4) is 0 Å². The Morgan fingerprint density at radius 2 is 1.85 bits per heavy atom. The normalized spacial score (nSPS) is 50.0. The lowest BCUT2D eigenvalue weighted by molar-refractivity contribution is -0.347. The molecule has 5 aliphatic carbocycles. The van der Waals surface area contributed by atoms with Crippen LogP contribution in [0.25, 0.3) is 0 Å². The molecule has 6 aliphatic rings. The fourth-order valence-corrected chi connectivity index (χ4v) is 11.9. The van der Waals surface area contributed by atoms with Gasteiger partial charge in [0, 0.05) is 49.8 Å². The first kappa shape index (κ1) is 26.9. The molecule has 8 heteroatoms. The monoisotopic (exact) mass is 553 g/mol. The number of rotatable bonds is 6. The van der Waals surface area contributed by atoms with Crippen molar-refractivity contribution in [2.45, 2.75) is 95.4 Å². The van der Waals surface area contributed by atoms with Gasteiger partial charge in [0.25, 0.3) is 0 Å². The molecule has 1 aliphatic heterocycles. The molecule has 7 rings (SSSR count). The summed E-state index contributed by atoms with van der Waals surface area (Å²) < 4.78 is 19.0. The summed E-state index contributed by atoms with van der Waals surface area (Å²) in [7, 11) is 1.71. The van der Waals surface area contributed by atoms with Crippen molar-refractivity contribution in [3.8, 4) is 0 Å². The zero-order chi connectivity index (χ0) is 28.2. The van der Waals surface area contributed by atoms with Gasteiger partial charge in [0.2, 0.25) is 0 Å². The minimum absolute atomic E-state index is 0.00348. The maximum absolute atomic E-state index is 13.6. The number of esters is 2. The Labute approximate surface area is 236 Å². The summed E-state index contributed by atoms with van der Waals surface area (Å²) in [6.45, 7) is 7.28. The molecule has 2 spiro atoms. The highest BCUT2D eigenvalue weighted by atomic mass is 16.6. The van der Waals surface area contributed by atoms with E-state index in [1.807, 2.05) is 18.2 Å². The molecular formula is C32H43NO7. The van der Waals surface area contributed by atoms with Crippen molar-refractivity contribution in [2.24, 2.45) is 34.0 Å². The lowest BCUT2D eigenvalue weighted by atomic mass is 9.38. The zero-order valence-corrected chi connectivity index (χ0v) is 24.0. The molecule has 1 aromatic carbocycles. The van der Waals surface area contributed by atoms with Crippen molar-refractivity contribution in [3.63, 3.8) is 0 Å². The van der Waals surface area contributed by atoms with Crippen LogP contribution in [-0.4, -0.2) is 83.3 Å². The minimum atomic E-state index is -1.29. The van der Waals surface area contributed by atoms with Gasteiger partial charge in [-0.25, -0.2) is 4.79 Å². The number of aliphatic hydroxyl groups is 2. The number of benzene rings is 1. The standard InChI is InChI=1S/C32H43NO7/c1-5-29-17-33(6-2)25-21-14-22(29)32(25,24(38-4)15-23(29)35)31(37)16-20-12-13-30(31,27(21)39-18(3)34)26(20)40-28(36)19-10-8-7-9-11-19/h7-11,20-27,35,37H,5-6,12-17H2,1-4H3/t20-,21-,22+,23-,24+,25+,26+,27-,29-,30-,31-,32-/m0/s1. The number of methoxy groups -OCH3 is 1. The summed E-state index contributed by atoms with van der Waals surface area (Å²) in [5.74, 6) is -0.870. The van der Waals surface area contributed by atoms with E-state index in [1.165, 1.54) is 6.92 Å². The Balaban J connectivity index is 1.44. The molecule has 0 radical (unpaired) electrons. The van der Waals surface area contributed by atoms with Crippen molar-refractivity contribution in [3.05, 3.63) is 35.9 Å². The van der Waals surface area contributed by atoms with Crippen LogP contribution in [0.2, 0.25) is 0 Å². The van der Waals surface area contributed by atoms with Crippen LogP contribution in [0.4, 0.5) is 0 Å². The Bertz CT molecular complexity index is 1210. The van der Waals surface area contributed by atoms with E-state index in [9.17, 15) is 19.8 Å². The summed E-state index contributed by atoms with van der Waals surface area (Å²) in [4.78, 5) is 28.7. The largest absolute Gasteiger partial charge is 0.461 e. The van der Waals surface area contributed by atoms with Gasteiger partial charge in [-0.1, -0.05) is 32.0 Å². The van der Waals surface area contributed by atoms with Gasteiger partial charge in [0.05, 0.1) is 28.8 Å². The lowest BCUT2D eigenvalue weighted by Crippen LogP contribution is -2.84. The third kappa shape index (κ3) is 2.82. The van der Waals surface area contributed by atoms with Crippen LogP contribution < -0.4 is 0 Å². The summed E-state index contributed by atoms with van der Waals surface area (Å²) in [5.41, 5.74) is -2.80. The highest BCUT2D eigenvalue weighted by Crippen LogP contribution is 2.83. The fraction of sp³-hybridized carbons (Fsp3) is 0.750. The minimum Gasteiger partial charge on any atom is -0.461 e. The first-order valence-electron chi connectivity index (χ1n) is 15.3. The molecular weight excluding hydrogens is 510 g/mol. The number of likely N-dealkylation sites (tertiary alicyclic amines) is 1. The number of carbonyl (C=O) groups excluding carboxylic acids is 2. The van der Waals surface area contributed by atoms with Crippen molar-refractivity contribution >= 4 is 11.9 Å². The molecule has 218 valence electrons. The summed E-state index contributed by atoms with van der Waals surface area (Å²) in [6.07, 6.45) is 1.86. The van der Waals surface area contributed by atoms with Crippen LogP contribution in [-0.2, 0) is 19.0 Å². The topological polar surface area (TPSA) is 106 Å². The van der Waals surface area contributed by atoms with Crippen LogP contribution in [0, 0.1) is 34.0 Å². The molecule has 0 aromatic heterocycles. The predicted octanol–water partition coefficient (Wildman–Crippen LogP) is 3.19.